The molecule has 24 heavy (non-hydrogen) atoms. The van der Waals surface area contributed by atoms with Gasteiger partial charge in [-0.15, -0.1) is 0 Å². The minimum absolute atomic E-state index is 0.0545. The Kier molecular flexibility index (Phi) is 7.25. The first-order chi connectivity index (χ1) is 11.6. The van der Waals surface area contributed by atoms with Gasteiger partial charge >= 0.3 is 0 Å². The first-order valence-electron chi connectivity index (χ1n) is 8.96. The van der Waals surface area contributed by atoms with Gasteiger partial charge in [0.1, 0.15) is 0 Å². The quantitative estimate of drug-likeness (QED) is 0.647. The summed E-state index contributed by atoms with van der Waals surface area (Å²) in [6.07, 6.45) is 6.84. The van der Waals surface area contributed by atoms with Crippen LogP contribution < -0.4 is 11.1 Å². The maximum absolute atomic E-state index is 11.9. The molecule has 0 atom stereocenters. The Morgan fingerprint density at radius 3 is 2.38 bits per heavy atom. The minimum Gasteiger partial charge on any atom is -0.336 e. The molecule has 1 aliphatic carbocycles. The summed E-state index contributed by atoms with van der Waals surface area (Å²) in [7, 11) is 0. The van der Waals surface area contributed by atoms with E-state index in [4.69, 9.17) is 5.73 Å². The van der Waals surface area contributed by atoms with E-state index in [9.17, 15) is 9.59 Å². The number of rotatable bonds is 10. The first-order valence-corrected chi connectivity index (χ1v) is 8.96. The fourth-order valence-corrected chi connectivity index (χ4v) is 2.78. The largest absolute Gasteiger partial charge is 0.336 e. The van der Waals surface area contributed by atoms with Crippen molar-refractivity contribution in [2.45, 2.75) is 64.5 Å². The average Bonchev–Trinajstić information content (AvgIpc) is 3.38. The van der Waals surface area contributed by atoms with Crippen molar-refractivity contribution in [3.63, 3.8) is 0 Å². The molecule has 0 aromatic heterocycles. The Morgan fingerprint density at radius 1 is 1.12 bits per heavy atom. The van der Waals surface area contributed by atoms with Gasteiger partial charge in [0, 0.05) is 31.6 Å². The molecule has 2 amide bonds. The van der Waals surface area contributed by atoms with E-state index in [0.29, 0.717) is 19.0 Å². The van der Waals surface area contributed by atoms with Gasteiger partial charge in [-0.05, 0) is 49.9 Å². The van der Waals surface area contributed by atoms with Crippen LogP contribution in [0.4, 0.5) is 5.69 Å². The standard InChI is InChI=1S/C19H29N3O2/c1-15(23)22(18-11-12-18)14-16-7-9-17(10-8-16)21-19(24)6-4-2-3-5-13-20/h7-10,18H,2-6,11-14,20H2,1H3,(H,21,24). The Balaban J connectivity index is 1.75. The molecule has 1 saturated carbocycles. The molecule has 1 aliphatic rings. The van der Waals surface area contributed by atoms with E-state index < -0.39 is 0 Å². The van der Waals surface area contributed by atoms with Crippen LogP contribution in [0.25, 0.3) is 0 Å². The van der Waals surface area contributed by atoms with Crippen molar-refractivity contribution in [2.75, 3.05) is 11.9 Å². The number of anilines is 1. The van der Waals surface area contributed by atoms with Crippen LogP contribution in [-0.2, 0) is 16.1 Å². The van der Waals surface area contributed by atoms with Crippen molar-refractivity contribution < 1.29 is 9.59 Å². The van der Waals surface area contributed by atoms with E-state index in [0.717, 1.165) is 56.3 Å². The van der Waals surface area contributed by atoms with E-state index in [1.54, 1.807) is 6.92 Å². The van der Waals surface area contributed by atoms with Gasteiger partial charge < -0.3 is 16.0 Å². The fraction of sp³-hybridized carbons (Fsp3) is 0.579. The van der Waals surface area contributed by atoms with Gasteiger partial charge in [0.05, 0.1) is 0 Å². The molecule has 5 heteroatoms. The summed E-state index contributed by atoms with van der Waals surface area (Å²) < 4.78 is 0. The monoisotopic (exact) mass is 331 g/mol. The third kappa shape index (κ3) is 6.32. The number of nitrogens with one attached hydrogen (secondary N) is 1. The second-order valence-corrected chi connectivity index (χ2v) is 6.58. The first kappa shape index (κ1) is 18.5. The van der Waals surface area contributed by atoms with Crippen LogP contribution in [0.15, 0.2) is 24.3 Å². The lowest BCUT2D eigenvalue weighted by atomic mass is 10.1. The summed E-state index contributed by atoms with van der Waals surface area (Å²) in [6.45, 7) is 3.00. The summed E-state index contributed by atoms with van der Waals surface area (Å²) in [5.41, 5.74) is 7.36. The predicted molar refractivity (Wildman–Crippen MR) is 96.5 cm³/mol. The molecule has 0 spiro atoms. The molecule has 0 saturated heterocycles. The zero-order valence-electron chi connectivity index (χ0n) is 14.6. The van der Waals surface area contributed by atoms with Gasteiger partial charge in [0.2, 0.25) is 11.8 Å². The Hall–Kier alpha value is -1.88. The summed E-state index contributed by atoms with van der Waals surface area (Å²) in [5.74, 6) is 0.184. The molecular weight excluding hydrogens is 302 g/mol. The van der Waals surface area contributed by atoms with E-state index in [2.05, 4.69) is 5.32 Å². The summed E-state index contributed by atoms with van der Waals surface area (Å²) in [4.78, 5) is 25.5. The lowest BCUT2D eigenvalue weighted by molar-refractivity contribution is -0.130. The molecule has 1 fully saturated rings. The highest BCUT2D eigenvalue weighted by molar-refractivity contribution is 5.90. The minimum atomic E-state index is 0.0545. The molecule has 132 valence electrons. The Labute approximate surface area is 144 Å². The normalized spacial score (nSPS) is 13.6. The number of amides is 2. The average molecular weight is 331 g/mol. The molecule has 0 heterocycles. The third-order valence-electron chi connectivity index (χ3n) is 4.34. The second-order valence-electron chi connectivity index (χ2n) is 6.58. The van der Waals surface area contributed by atoms with Crippen molar-refractivity contribution >= 4 is 17.5 Å². The van der Waals surface area contributed by atoms with E-state index in [1.165, 1.54) is 0 Å². The smallest absolute Gasteiger partial charge is 0.224 e. The van der Waals surface area contributed by atoms with Gasteiger partial charge in [0.25, 0.3) is 0 Å². The van der Waals surface area contributed by atoms with Crippen molar-refractivity contribution in [1.82, 2.24) is 4.90 Å². The summed E-state index contributed by atoms with van der Waals surface area (Å²) >= 11 is 0. The summed E-state index contributed by atoms with van der Waals surface area (Å²) in [6, 6.07) is 8.20. The van der Waals surface area contributed by atoms with E-state index in [-0.39, 0.29) is 11.8 Å². The van der Waals surface area contributed by atoms with E-state index >= 15 is 0 Å². The molecule has 0 aliphatic heterocycles. The van der Waals surface area contributed by atoms with Gasteiger partial charge in [-0.25, -0.2) is 0 Å². The van der Waals surface area contributed by atoms with Gasteiger partial charge in [0.15, 0.2) is 0 Å². The molecule has 3 N–H and O–H groups in total. The number of benzene rings is 1. The van der Waals surface area contributed by atoms with Crippen LogP contribution in [0.3, 0.4) is 0 Å². The zero-order valence-corrected chi connectivity index (χ0v) is 14.6. The maximum Gasteiger partial charge on any atom is 0.224 e. The molecule has 2 rings (SSSR count). The lowest BCUT2D eigenvalue weighted by Gasteiger charge is -2.20. The molecule has 1 aromatic carbocycles. The van der Waals surface area contributed by atoms with Crippen molar-refractivity contribution in [2.24, 2.45) is 5.73 Å². The molecular formula is C19H29N3O2. The maximum atomic E-state index is 11.9. The lowest BCUT2D eigenvalue weighted by Crippen LogP contribution is -2.30. The Morgan fingerprint density at radius 2 is 1.79 bits per heavy atom. The number of hydrogen-bond donors (Lipinski definition) is 2. The summed E-state index contributed by atoms with van der Waals surface area (Å²) in [5, 5.41) is 2.93. The van der Waals surface area contributed by atoms with Crippen molar-refractivity contribution in [3.05, 3.63) is 29.8 Å². The topological polar surface area (TPSA) is 75.4 Å². The van der Waals surface area contributed by atoms with Crippen LogP contribution in [-0.4, -0.2) is 29.3 Å². The van der Waals surface area contributed by atoms with E-state index in [1.807, 2.05) is 29.2 Å². The van der Waals surface area contributed by atoms with Crippen molar-refractivity contribution in [1.29, 1.82) is 0 Å². The number of carbonyl (C=O) groups excluding carboxylic acids is 2. The van der Waals surface area contributed by atoms with Crippen LogP contribution >= 0.6 is 0 Å². The SMILES string of the molecule is CC(=O)N(Cc1ccc(NC(=O)CCCCCCN)cc1)C1CC1. The molecule has 1 aromatic rings. The van der Waals surface area contributed by atoms with Crippen LogP contribution in [0.2, 0.25) is 0 Å². The highest BCUT2D eigenvalue weighted by Crippen LogP contribution is 2.28. The van der Waals surface area contributed by atoms with Gasteiger partial charge in [-0.1, -0.05) is 25.0 Å². The second kappa shape index (κ2) is 9.42. The fourth-order valence-electron chi connectivity index (χ4n) is 2.78. The highest BCUT2D eigenvalue weighted by Gasteiger charge is 2.30. The number of hydrogen-bond acceptors (Lipinski definition) is 3. The molecule has 0 bridgehead atoms. The number of unbranched alkanes of at least 4 members (excludes halogenated alkanes) is 3. The molecule has 5 nitrogen and oxygen atoms in total. The third-order valence-corrected chi connectivity index (χ3v) is 4.34. The number of nitrogens with zero attached hydrogens (tertiary/aromatic N) is 1. The number of nitrogens with two attached hydrogens (primary N) is 1. The van der Waals surface area contributed by atoms with Gasteiger partial charge in [-0.3, -0.25) is 9.59 Å². The Bertz CT molecular complexity index is 538. The van der Waals surface area contributed by atoms with Gasteiger partial charge in [-0.2, -0.15) is 0 Å². The van der Waals surface area contributed by atoms with Crippen LogP contribution in [0.1, 0.15) is 57.4 Å². The predicted octanol–water partition coefficient (Wildman–Crippen LogP) is 3.05. The van der Waals surface area contributed by atoms with Crippen LogP contribution in [0.5, 0.6) is 0 Å². The zero-order chi connectivity index (χ0) is 17.4. The highest BCUT2D eigenvalue weighted by atomic mass is 16.2. The molecule has 0 unspecified atom stereocenters. The van der Waals surface area contributed by atoms with Crippen molar-refractivity contribution in [3.8, 4) is 0 Å². The molecule has 0 radical (unpaired) electrons. The number of carbonyl (C=O) groups is 2. The van der Waals surface area contributed by atoms with Crippen LogP contribution in [0, 0.1) is 0 Å².